The number of halogens is 2. The van der Waals surface area contributed by atoms with Gasteiger partial charge >= 0.3 is 6.09 Å². The van der Waals surface area contributed by atoms with E-state index in [0.717, 1.165) is 10.0 Å². The molecule has 4 nitrogen and oxygen atoms in total. The normalized spacial score (nSPS) is 11.2. The fraction of sp³-hybridized carbons (Fsp3) is 0.417. The van der Waals surface area contributed by atoms with Crippen LogP contribution in [0, 0.1) is 0 Å². The number of amides is 1. The van der Waals surface area contributed by atoms with Gasteiger partial charge in [-0.3, -0.25) is 0 Å². The summed E-state index contributed by atoms with van der Waals surface area (Å²) in [7, 11) is 0.544. The maximum atomic E-state index is 11.6. The van der Waals surface area contributed by atoms with Crippen molar-refractivity contribution in [2.45, 2.75) is 32.9 Å². The third kappa shape index (κ3) is 5.42. The monoisotopic (exact) mass is 365 g/mol. The maximum absolute atomic E-state index is 11.6. The van der Waals surface area contributed by atoms with Gasteiger partial charge in [-0.1, -0.05) is 27.5 Å². The smallest absolute Gasteiger partial charge is 0.407 e. The SMILES string of the molecule is CC(C)(C)OC(=O)NCc1c(Cl)cc(Br)cc1O[SiH3]. The molecule has 0 aliphatic carbocycles. The van der Waals surface area contributed by atoms with Crippen LogP contribution in [0.3, 0.4) is 0 Å². The molecule has 0 saturated carbocycles. The Labute approximate surface area is 129 Å². The summed E-state index contributed by atoms with van der Waals surface area (Å²) in [5.41, 5.74) is 0.218. The molecule has 0 heterocycles. The molecule has 0 aromatic heterocycles. The zero-order chi connectivity index (χ0) is 14.6. The van der Waals surface area contributed by atoms with Crippen molar-refractivity contribution in [3.8, 4) is 5.75 Å². The summed E-state index contributed by atoms with van der Waals surface area (Å²) in [5.74, 6) is 0.669. The quantitative estimate of drug-likeness (QED) is 0.837. The highest BCUT2D eigenvalue weighted by atomic mass is 79.9. The molecule has 7 heteroatoms. The summed E-state index contributed by atoms with van der Waals surface area (Å²) in [4.78, 5) is 11.6. The lowest BCUT2D eigenvalue weighted by molar-refractivity contribution is 0.0523. The summed E-state index contributed by atoms with van der Waals surface area (Å²) < 4.78 is 11.4. The van der Waals surface area contributed by atoms with Crippen molar-refractivity contribution in [3.05, 3.63) is 27.2 Å². The van der Waals surface area contributed by atoms with Crippen LogP contribution >= 0.6 is 27.5 Å². The van der Waals surface area contributed by atoms with Crippen molar-refractivity contribution in [1.29, 1.82) is 0 Å². The Hall–Kier alpha value is -0.723. The van der Waals surface area contributed by atoms with E-state index >= 15 is 0 Å². The molecule has 0 bridgehead atoms. The minimum Gasteiger partial charge on any atom is -0.553 e. The number of nitrogens with one attached hydrogen (secondary N) is 1. The number of rotatable bonds is 3. The third-order valence-electron chi connectivity index (χ3n) is 2.15. The molecule has 106 valence electrons. The van der Waals surface area contributed by atoms with Gasteiger partial charge < -0.3 is 14.5 Å². The minimum atomic E-state index is -0.523. The predicted molar refractivity (Wildman–Crippen MR) is 82.8 cm³/mol. The highest BCUT2D eigenvalue weighted by Crippen LogP contribution is 2.30. The molecule has 0 atom stereocenters. The fourth-order valence-corrected chi connectivity index (χ4v) is 2.62. The number of ether oxygens (including phenoxy) is 1. The number of hydrogen-bond acceptors (Lipinski definition) is 3. The van der Waals surface area contributed by atoms with Gasteiger partial charge in [0.2, 0.25) is 10.5 Å². The molecule has 0 aliphatic rings. The molecule has 19 heavy (non-hydrogen) atoms. The van der Waals surface area contributed by atoms with E-state index in [4.69, 9.17) is 20.8 Å². The minimum absolute atomic E-state index is 0.262. The predicted octanol–water partition coefficient (Wildman–Crippen LogP) is 2.79. The summed E-state index contributed by atoms with van der Waals surface area (Å²) in [6.07, 6.45) is -0.481. The first-order valence-corrected chi connectivity index (χ1v) is 7.70. The van der Waals surface area contributed by atoms with Crippen LogP contribution in [0.2, 0.25) is 5.02 Å². The molecular weight excluding hydrogens is 350 g/mol. The molecule has 0 fully saturated rings. The van der Waals surface area contributed by atoms with Crippen LogP contribution in [0.4, 0.5) is 4.79 Å². The largest absolute Gasteiger partial charge is 0.553 e. The molecule has 0 spiro atoms. The average Bonchev–Trinajstić information content (AvgIpc) is 2.24. The first kappa shape index (κ1) is 16.3. The maximum Gasteiger partial charge on any atom is 0.407 e. The zero-order valence-electron chi connectivity index (χ0n) is 11.3. The second kappa shape index (κ2) is 6.63. The Bertz CT molecular complexity index is 477. The van der Waals surface area contributed by atoms with Gasteiger partial charge in [0.05, 0.1) is 11.6 Å². The summed E-state index contributed by atoms with van der Waals surface area (Å²) >= 11 is 9.49. The number of alkyl carbamates (subject to hydrolysis) is 1. The van der Waals surface area contributed by atoms with Crippen LogP contribution in [0.1, 0.15) is 26.3 Å². The van der Waals surface area contributed by atoms with Gasteiger partial charge in [-0.25, -0.2) is 4.79 Å². The van der Waals surface area contributed by atoms with Crippen molar-refractivity contribution in [1.82, 2.24) is 5.32 Å². The summed E-state index contributed by atoms with van der Waals surface area (Å²) in [5, 5.41) is 3.20. The topological polar surface area (TPSA) is 47.6 Å². The van der Waals surface area contributed by atoms with Gasteiger partial charge in [0.15, 0.2) is 0 Å². The van der Waals surface area contributed by atoms with Gasteiger partial charge in [0.1, 0.15) is 11.4 Å². The van der Waals surface area contributed by atoms with Crippen LogP contribution in [0.25, 0.3) is 0 Å². The standard InChI is InChI=1S/C12H17BrClNO3Si/c1-12(2,3)17-11(16)15-6-8-9(14)4-7(13)5-10(8)18-19/h4-5H,6H2,1-3,19H3,(H,15,16). The Morgan fingerprint density at radius 2 is 2.11 bits per heavy atom. The van der Waals surface area contributed by atoms with E-state index in [1.165, 1.54) is 0 Å². The average molecular weight is 367 g/mol. The molecule has 0 unspecified atom stereocenters. The lowest BCUT2D eigenvalue weighted by Crippen LogP contribution is -2.32. The molecule has 1 amide bonds. The van der Waals surface area contributed by atoms with E-state index in [2.05, 4.69) is 21.2 Å². The molecule has 1 rings (SSSR count). The number of carbonyl (C=O) groups excluding carboxylic acids is 1. The lowest BCUT2D eigenvalue weighted by Gasteiger charge is -2.20. The van der Waals surface area contributed by atoms with Crippen LogP contribution in [-0.4, -0.2) is 22.2 Å². The van der Waals surface area contributed by atoms with E-state index in [0.29, 0.717) is 21.3 Å². The van der Waals surface area contributed by atoms with Crippen LogP contribution < -0.4 is 9.74 Å². The van der Waals surface area contributed by atoms with Gasteiger partial charge in [0.25, 0.3) is 0 Å². The molecule has 1 N–H and O–H groups in total. The third-order valence-corrected chi connectivity index (χ3v) is 3.38. The van der Waals surface area contributed by atoms with E-state index < -0.39 is 11.7 Å². The Morgan fingerprint density at radius 1 is 1.47 bits per heavy atom. The Balaban J connectivity index is 2.75. The van der Waals surface area contributed by atoms with Crippen molar-refractivity contribution >= 4 is 44.1 Å². The fourth-order valence-electron chi connectivity index (χ4n) is 1.41. The van der Waals surface area contributed by atoms with Crippen molar-refractivity contribution in [2.24, 2.45) is 0 Å². The summed E-state index contributed by atoms with van der Waals surface area (Å²) in [6.45, 7) is 5.70. The zero-order valence-corrected chi connectivity index (χ0v) is 15.7. The van der Waals surface area contributed by atoms with E-state index in [1.807, 2.05) is 26.8 Å². The molecule has 1 aromatic rings. The molecule has 0 radical (unpaired) electrons. The van der Waals surface area contributed by atoms with Crippen molar-refractivity contribution in [2.75, 3.05) is 0 Å². The summed E-state index contributed by atoms with van der Waals surface area (Å²) in [6, 6.07) is 3.59. The van der Waals surface area contributed by atoms with E-state index in [1.54, 1.807) is 6.07 Å². The van der Waals surface area contributed by atoms with Crippen LogP contribution in [-0.2, 0) is 11.3 Å². The second-order valence-electron chi connectivity index (χ2n) is 4.92. The molecule has 0 aliphatic heterocycles. The molecule has 0 saturated heterocycles. The number of benzene rings is 1. The lowest BCUT2D eigenvalue weighted by atomic mass is 10.2. The van der Waals surface area contributed by atoms with Gasteiger partial charge in [0, 0.05) is 10.0 Å². The van der Waals surface area contributed by atoms with Gasteiger partial charge in [-0.2, -0.15) is 0 Å². The van der Waals surface area contributed by atoms with E-state index in [-0.39, 0.29) is 6.54 Å². The first-order chi connectivity index (χ1) is 8.73. The first-order valence-electron chi connectivity index (χ1n) is 5.71. The van der Waals surface area contributed by atoms with Gasteiger partial charge in [-0.15, -0.1) is 0 Å². The van der Waals surface area contributed by atoms with Gasteiger partial charge in [-0.05, 0) is 32.9 Å². The Morgan fingerprint density at radius 3 is 2.63 bits per heavy atom. The number of hydrogen-bond donors (Lipinski definition) is 1. The number of carbonyl (C=O) groups is 1. The van der Waals surface area contributed by atoms with E-state index in [9.17, 15) is 4.79 Å². The Kier molecular flexibility index (Phi) is 5.70. The van der Waals surface area contributed by atoms with Crippen molar-refractivity contribution < 1.29 is 14.0 Å². The van der Waals surface area contributed by atoms with Crippen LogP contribution in [0.15, 0.2) is 16.6 Å². The second-order valence-corrected chi connectivity index (χ2v) is 6.65. The van der Waals surface area contributed by atoms with Crippen molar-refractivity contribution in [3.63, 3.8) is 0 Å². The highest BCUT2D eigenvalue weighted by molar-refractivity contribution is 9.10. The molecular formula is C12H17BrClNO3Si. The molecule has 1 aromatic carbocycles. The van der Waals surface area contributed by atoms with Crippen LogP contribution in [0.5, 0.6) is 5.75 Å². The highest BCUT2D eigenvalue weighted by Gasteiger charge is 2.17.